The van der Waals surface area contributed by atoms with Gasteiger partial charge in [-0.1, -0.05) is 17.7 Å². The first-order chi connectivity index (χ1) is 8.19. The molecule has 0 saturated carbocycles. The van der Waals surface area contributed by atoms with Crippen LogP contribution in [0.2, 0.25) is 0 Å². The fourth-order valence-electron chi connectivity index (χ4n) is 1.53. The molecule has 0 aliphatic rings. The number of rotatable bonds is 2. The van der Waals surface area contributed by atoms with E-state index in [1.807, 2.05) is 37.3 Å². The number of hydrogen-bond acceptors (Lipinski definition) is 3. The molecule has 0 heterocycles. The molecular formula is C14H13N3. The molecular weight excluding hydrogens is 210 g/mol. The standard InChI is InChI=1S/C14H13N3/c1-10-2-4-12(5-3-10)17-13-6-7-14(16)11(8-13)9-15/h2-8,17H,16H2,1H3. The summed E-state index contributed by atoms with van der Waals surface area (Å²) in [5.74, 6) is 0. The first-order valence-corrected chi connectivity index (χ1v) is 5.32. The minimum atomic E-state index is 0.488. The summed E-state index contributed by atoms with van der Waals surface area (Å²) >= 11 is 0. The third-order valence-corrected chi connectivity index (χ3v) is 2.51. The lowest BCUT2D eigenvalue weighted by atomic mass is 10.1. The van der Waals surface area contributed by atoms with Gasteiger partial charge in [-0.3, -0.25) is 0 Å². The van der Waals surface area contributed by atoms with Gasteiger partial charge in [0.05, 0.1) is 5.56 Å². The second-order valence-electron chi connectivity index (χ2n) is 3.90. The molecule has 84 valence electrons. The van der Waals surface area contributed by atoms with Crippen LogP contribution in [0.4, 0.5) is 17.1 Å². The van der Waals surface area contributed by atoms with E-state index in [9.17, 15) is 0 Å². The molecule has 0 aliphatic carbocycles. The van der Waals surface area contributed by atoms with E-state index in [0.717, 1.165) is 11.4 Å². The Kier molecular flexibility index (Phi) is 2.97. The van der Waals surface area contributed by atoms with Crippen LogP contribution >= 0.6 is 0 Å². The van der Waals surface area contributed by atoms with Gasteiger partial charge in [-0.15, -0.1) is 0 Å². The molecule has 0 fully saturated rings. The third-order valence-electron chi connectivity index (χ3n) is 2.51. The Labute approximate surface area is 101 Å². The fraction of sp³-hybridized carbons (Fsp3) is 0.0714. The number of hydrogen-bond donors (Lipinski definition) is 2. The summed E-state index contributed by atoms with van der Waals surface area (Å²) in [6.45, 7) is 2.04. The van der Waals surface area contributed by atoms with Crippen LogP contribution in [0.5, 0.6) is 0 Å². The Morgan fingerprint density at radius 3 is 2.35 bits per heavy atom. The number of anilines is 3. The molecule has 17 heavy (non-hydrogen) atoms. The van der Waals surface area contributed by atoms with Crippen molar-refractivity contribution >= 4 is 17.1 Å². The molecule has 2 aromatic rings. The third kappa shape index (κ3) is 2.56. The van der Waals surface area contributed by atoms with E-state index in [-0.39, 0.29) is 0 Å². The monoisotopic (exact) mass is 223 g/mol. The molecule has 2 rings (SSSR count). The number of nitrogens with zero attached hydrogens (tertiary/aromatic N) is 1. The maximum Gasteiger partial charge on any atom is 0.101 e. The maximum absolute atomic E-state index is 8.89. The predicted molar refractivity (Wildman–Crippen MR) is 70.0 cm³/mol. The van der Waals surface area contributed by atoms with Crippen LogP contribution in [0.25, 0.3) is 0 Å². The Hall–Kier alpha value is -2.47. The van der Waals surface area contributed by atoms with Gasteiger partial charge in [0, 0.05) is 17.1 Å². The lowest BCUT2D eigenvalue weighted by Gasteiger charge is -2.07. The molecule has 3 N–H and O–H groups in total. The Balaban J connectivity index is 2.25. The molecule has 0 radical (unpaired) electrons. The summed E-state index contributed by atoms with van der Waals surface area (Å²) in [5.41, 5.74) is 9.72. The van der Waals surface area contributed by atoms with Gasteiger partial charge in [0.25, 0.3) is 0 Å². The largest absolute Gasteiger partial charge is 0.398 e. The zero-order valence-electron chi connectivity index (χ0n) is 9.57. The van der Waals surface area contributed by atoms with E-state index in [4.69, 9.17) is 11.0 Å². The van der Waals surface area contributed by atoms with Crippen molar-refractivity contribution in [3.05, 3.63) is 53.6 Å². The summed E-state index contributed by atoms with van der Waals surface area (Å²) in [6, 6.07) is 15.5. The molecule has 0 unspecified atom stereocenters. The van der Waals surface area contributed by atoms with Gasteiger partial charge in [-0.25, -0.2) is 0 Å². The zero-order chi connectivity index (χ0) is 12.3. The van der Waals surface area contributed by atoms with Crippen molar-refractivity contribution < 1.29 is 0 Å². The van der Waals surface area contributed by atoms with Crippen LogP contribution in [0.15, 0.2) is 42.5 Å². The molecule has 3 nitrogen and oxygen atoms in total. The van der Waals surface area contributed by atoms with Gasteiger partial charge in [0.15, 0.2) is 0 Å². The maximum atomic E-state index is 8.89. The van der Waals surface area contributed by atoms with Crippen LogP contribution in [0.3, 0.4) is 0 Å². The average Bonchev–Trinajstić information content (AvgIpc) is 2.34. The summed E-state index contributed by atoms with van der Waals surface area (Å²) in [4.78, 5) is 0. The molecule has 2 aromatic carbocycles. The highest BCUT2D eigenvalue weighted by molar-refractivity contribution is 5.66. The lowest BCUT2D eigenvalue weighted by Crippen LogP contribution is -1.94. The van der Waals surface area contributed by atoms with Crippen molar-refractivity contribution in [1.82, 2.24) is 0 Å². The van der Waals surface area contributed by atoms with E-state index >= 15 is 0 Å². The second-order valence-corrected chi connectivity index (χ2v) is 3.90. The molecule has 3 heteroatoms. The smallest absolute Gasteiger partial charge is 0.101 e. The Morgan fingerprint density at radius 1 is 1.06 bits per heavy atom. The minimum absolute atomic E-state index is 0.488. The Bertz CT molecular complexity index is 565. The van der Waals surface area contributed by atoms with Crippen LogP contribution in [-0.4, -0.2) is 0 Å². The second kappa shape index (κ2) is 4.58. The number of nitrogens with two attached hydrogens (primary N) is 1. The lowest BCUT2D eigenvalue weighted by molar-refractivity contribution is 1.44. The molecule has 0 aromatic heterocycles. The van der Waals surface area contributed by atoms with Gasteiger partial charge in [-0.05, 0) is 37.3 Å². The van der Waals surface area contributed by atoms with Crippen molar-refractivity contribution in [3.8, 4) is 6.07 Å². The highest BCUT2D eigenvalue weighted by Gasteiger charge is 2.00. The van der Waals surface area contributed by atoms with Crippen molar-refractivity contribution in [2.24, 2.45) is 0 Å². The SMILES string of the molecule is Cc1ccc(Nc2ccc(N)c(C#N)c2)cc1. The predicted octanol–water partition coefficient (Wildman–Crippen LogP) is 3.19. The van der Waals surface area contributed by atoms with E-state index < -0.39 is 0 Å². The van der Waals surface area contributed by atoms with Crippen molar-refractivity contribution in [2.75, 3.05) is 11.1 Å². The van der Waals surface area contributed by atoms with Crippen molar-refractivity contribution in [2.45, 2.75) is 6.92 Å². The van der Waals surface area contributed by atoms with Crippen molar-refractivity contribution in [1.29, 1.82) is 5.26 Å². The fourth-order valence-corrected chi connectivity index (χ4v) is 1.53. The molecule has 0 amide bonds. The van der Waals surface area contributed by atoms with Crippen LogP contribution < -0.4 is 11.1 Å². The topological polar surface area (TPSA) is 61.8 Å². The number of aryl methyl sites for hydroxylation is 1. The molecule has 0 atom stereocenters. The van der Waals surface area contributed by atoms with Gasteiger partial charge in [0.1, 0.15) is 6.07 Å². The first-order valence-electron chi connectivity index (χ1n) is 5.32. The highest BCUT2D eigenvalue weighted by atomic mass is 14.9. The van der Waals surface area contributed by atoms with E-state index in [1.165, 1.54) is 5.56 Å². The summed E-state index contributed by atoms with van der Waals surface area (Å²) in [5, 5.41) is 12.1. The van der Waals surface area contributed by atoms with Gasteiger partial charge in [-0.2, -0.15) is 5.26 Å². The van der Waals surface area contributed by atoms with Crippen LogP contribution in [0.1, 0.15) is 11.1 Å². The molecule has 0 aliphatic heterocycles. The first kappa shape index (κ1) is 11.0. The number of nitriles is 1. The van der Waals surface area contributed by atoms with Gasteiger partial charge < -0.3 is 11.1 Å². The Morgan fingerprint density at radius 2 is 1.71 bits per heavy atom. The molecule has 0 spiro atoms. The van der Waals surface area contributed by atoms with Gasteiger partial charge >= 0.3 is 0 Å². The van der Waals surface area contributed by atoms with Crippen LogP contribution in [0, 0.1) is 18.3 Å². The van der Waals surface area contributed by atoms with E-state index in [2.05, 4.69) is 11.4 Å². The van der Waals surface area contributed by atoms with Gasteiger partial charge in [0.2, 0.25) is 0 Å². The quantitative estimate of drug-likeness (QED) is 0.768. The highest BCUT2D eigenvalue weighted by Crippen LogP contribution is 2.21. The average molecular weight is 223 g/mol. The number of nitrogens with one attached hydrogen (secondary N) is 1. The summed E-state index contributed by atoms with van der Waals surface area (Å²) in [6.07, 6.45) is 0. The minimum Gasteiger partial charge on any atom is -0.398 e. The van der Waals surface area contributed by atoms with Crippen molar-refractivity contribution in [3.63, 3.8) is 0 Å². The number of benzene rings is 2. The van der Waals surface area contributed by atoms with E-state index in [0.29, 0.717) is 11.3 Å². The summed E-state index contributed by atoms with van der Waals surface area (Å²) < 4.78 is 0. The zero-order valence-corrected chi connectivity index (χ0v) is 9.57. The molecule has 0 bridgehead atoms. The summed E-state index contributed by atoms with van der Waals surface area (Å²) in [7, 11) is 0. The normalized spacial score (nSPS) is 9.65. The van der Waals surface area contributed by atoms with Crippen LogP contribution in [-0.2, 0) is 0 Å². The van der Waals surface area contributed by atoms with E-state index in [1.54, 1.807) is 12.1 Å². The molecule has 0 saturated heterocycles. The number of nitrogen functional groups attached to an aromatic ring is 1.